The summed E-state index contributed by atoms with van der Waals surface area (Å²) in [5.41, 5.74) is 2.23. The molecule has 1 aliphatic heterocycles. The van der Waals surface area contributed by atoms with E-state index in [1.165, 1.54) is 0 Å². The zero-order valence-corrected chi connectivity index (χ0v) is 17.4. The van der Waals surface area contributed by atoms with E-state index in [4.69, 9.17) is 4.74 Å². The summed E-state index contributed by atoms with van der Waals surface area (Å²) in [4.78, 5) is 14.8. The van der Waals surface area contributed by atoms with Crippen molar-refractivity contribution in [3.8, 4) is 11.7 Å². The molecule has 3 aromatic heterocycles. The van der Waals surface area contributed by atoms with Crippen LogP contribution in [0.5, 0.6) is 5.88 Å². The van der Waals surface area contributed by atoms with Crippen molar-refractivity contribution < 1.29 is 9.53 Å². The predicted molar refractivity (Wildman–Crippen MR) is 116 cm³/mol. The molecule has 158 valence electrons. The van der Waals surface area contributed by atoms with Crippen molar-refractivity contribution in [1.82, 2.24) is 29.4 Å². The number of fused-ring (bicyclic) bond motifs is 1. The summed E-state index contributed by atoms with van der Waals surface area (Å²) in [5.74, 6) is 1.31. The van der Waals surface area contributed by atoms with Crippen molar-refractivity contribution in [2.24, 2.45) is 7.05 Å². The molecule has 0 saturated carbocycles. The Bertz CT molecular complexity index is 1170. The molecule has 5 rings (SSSR count). The monoisotopic (exact) mass is 416 g/mol. The quantitative estimate of drug-likeness (QED) is 0.500. The Balaban J connectivity index is 1.16. The smallest absolute Gasteiger partial charge is 0.233 e. The number of ether oxygens (including phenoxy) is 1. The average Bonchev–Trinajstić information content (AvgIpc) is 3.44. The number of nitrogens with zero attached hydrogens (tertiary/aromatic N) is 6. The molecule has 0 atom stereocenters. The summed E-state index contributed by atoms with van der Waals surface area (Å²) < 4.78 is 9.72. The second-order valence-corrected chi connectivity index (χ2v) is 7.84. The Morgan fingerprint density at radius 2 is 1.94 bits per heavy atom. The van der Waals surface area contributed by atoms with Crippen LogP contribution in [-0.4, -0.2) is 54.5 Å². The molecule has 1 saturated heterocycles. The largest absolute Gasteiger partial charge is 0.473 e. The van der Waals surface area contributed by atoms with E-state index in [1.54, 1.807) is 10.9 Å². The van der Waals surface area contributed by atoms with Gasteiger partial charge in [-0.25, -0.2) is 4.68 Å². The standard InChI is InChI=1S/C23H24N6O2/c1-27-16-17(19-5-2-3-6-20(19)27)15-23(30)28-13-9-18(10-14-28)31-22-8-7-21(25-26-22)29-12-4-11-24-29/h2-8,11-12,16,18H,9-10,13-15H2,1H3. The Hall–Kier alpha value is -3.68. The van der Waals surface area contributed by atoms with Gasteiger partial charge in [0, 0.05) is 68.5 Å². The lowest BCUT2D eigenvalue weighted by Crippen LogP contribution is -2.42. The highest BCUT2D eigenvalue weighted by Crippen LogP contribution is 2.23. The molecule has 0 radical (unpaired) electrons. The summed E-state index contributed by atoms with van der Waals surface area (Å²) in [6.07, 6.45) is 7.59. The summed E-state index contributed by atoms with van der Waals surface area (Å²) in [7, 11) is 2.02. The fourth-order valence-electron chi connectivity index (χ4n) is 4.14. The molecule has 1 fully saturated rings. The SMILES string of the molecule is Cn1cc(CC(=O)N2CCC(Oc3ccc(-n4cccn4)nn3)CC2)c2ccccc21. The van der Waals surface area contributed by atoms with Crippen LogP contribution in [-0.2, 0) is 18.3 Å². The number of para-hydroxylation sites is 1. The van der Waals surface area contributed by atoms with Crippen molar-refractivity contribution in [3.05, 3.63) is 66.6 Å². The van der Waals surface area contributed by atoms with Gasteiger partial charge in [-0.05, 0) is 23.8 Å². The van der Waals surface area contributed by atoms with Crippen molar-refractivity contribution in [2.75, 3.05) is 13.1 Å². The van der Waals surface area contributed by atoms with Gasteiger partial charge in [-0.1, -0.05) is 18.2 Å². The number of rotatable bonds is 5. The van der Waals surface area contributed by atoms with Crippen LogP contribution in [0.15, 0.2) is 61.1 Å². The first-order valence-electron chi connectivity index (χ1n) is 10.5. The number of aromatic nitrogens is 5. The third-order valence-electron chi connectivity index (χ3n) is 5.77. The molecular formula is C23H24N6O2. The van der Waals surface area contributed by atoms with Gasteiger partial charge in [-0.3, -0.25) is 4.79 Å². The minimum Gasteiger partial charge on any atom is -0.473 e. The second-order valence-electron chi connectivity index (χ2n) is 7.84. The molecule has 0 bridgehead atoms. The van der Waals surface area contributed by atoms with Gasteiger partial charge < -0.3 is 14.2 Å². The van der Waals surface area contributed by atoms with Gasteiger partial charge in [0.1, 0.15) is 6.10 Å². The first kappa shape index (κ1) is 19.3. The lowest BCUT2D eigenvalue weighted by molar-refractivity contribution is -0.132. The van der Waals surface area contributed by atoms with Crippen LogP contribution in [0.2, 0.25) is 0 Å². The van der Waals surface area contributed by atoms with E-state index in [2.05, 4.69) is 38.2 Å². The van der Waals surface area contributed by atoms with Crippen LogP contribution in [0.4, 0.5) is 0 Å². The summed E-state index contributed by atoms with van der Waals surface area (Å²) in [5, 5.41) is 13.6. The zero-order chi connectivity index (χ0) is 21.2. The normalized spacial score (nSPS) is 14.8. The second kappa shape index (κ2) is 8.22. The Morgan fingerprint density at radius 1 is 1.10 bits per heavy atom. The maximum Gasteiger partial charge on any atom is 0.233 e. The topological polar surface area (TPSA) is 78.1 Å². The van der Waals surface area contributed by atoms with Gasteiger partial charge in [0.25, 0.3) is 0 Å². The highest BCUT2D eigenvalue weighted by molar-refractivity contribution is 5.89. The third-order valence-corrected chi connectivity index (χ3v) is 5.77. The molecule has 8 heteroatoms. The average molecular weight is 416 g/mol. The summed E-state index contributed by atoms with van der Waals surface area (Å²) >= 11 is 0. The highest BCUT2D eigenvalue weighted by atomic mass is 16.5. The molecule has 0 unspecified atom stereocenters. The number of aryl methyl sites for hydroxylation is 1. The van der Waals surface area contributed by atoms with Crippen LogP contribution < -0.4 is 4.74 Å². The summed E-state index contributed by atoms with van der Waals surface area (Å²) in [6, 6.07) is 13.7. The van der Waals surface area contributed by atoms with Crippen molar-refractivity contribution >= 4 is 16.8 Å². The maximum atomic E-state index is 12.9. The molecule has 1 aliphatic rings. The molecule has 0 aliphatic carbocycles. The van der Waals surface area contributed by atoms with Crippen LogP contribution in [0.1, 0.15) is 18.4 Å². The Kier molecular flexibility index (Phi) is 5.11. The number of amides is 1. The van der Waals surface area contributed by atoms with E-state index in [0.717, 1.165) is 29.3 Å². The van der Waals surface area contributed by atoms with Gasteiger partial charge in [-0.15, -0.1) is 10.2 Å². The maximum absolute atomic E-state index is 12.9. The van der Waals surface area contributed by atoms with E-state index in [9.17, 15) is 4.79 Å². The van der Waals surface area contributed by atoms with E-state index in [-0.39, 0.29) is 12.0 Å². The fourth-order valence-corrected chi connectivity index (χ4v) is 4.14. The van der Waals surface area contributed by atoms with E-state index < -0.39 is 0 Å². The van der Waals surface area contributed by atoms with Crippen molar-refractivity contribution in [3.63, 3.8) is 0 Å². The van der Waals surface area contributed by atoms with E-state index >= 15 is 0 Å². The molecule has 1 aromatic carbocycles. The van der Waals surface area contributed by atoms with Crippen LogP contribution >= 0.6 is 0 Å². The first-order chi connectivity index (χ1) is 15.2. The zero-order valence-electron chi connectivity index (χ0n) is 17.4. The Labute approximate surface area is 180 Å². The number of carbonyl (C=O) groups is 1. The lowest BCUT2D eigenvalue weighted by atomic mass is 10.1. The molecule has 0 N–H and O–H groups in total. The third kappa shape index (κ3) is 4.01. The fraction of sp³-hybridized carbons (Fsp3) is 0.304. The van der Waals surface area contributed by atoms with E-state index in [0.29, 0.717) is 31.2 Å². The van der Waals surface area contributed by atoms with Gasteiger partial charge in [0.15, 0.2) is 5.82 Å². The number of benzene rings is 1. The number of hydrogen-bond donors (Lipinski definition) is 0. The first-order valence-corrected chi connectivity index (χ1v) is 10.5. The number of likely N-dealkylation sites (tertiary alicyclic amines) is 1. The molecular weight excluding hydrogens is 392 g/mol. The predicted octanol–water partition coefficient (Wildman–Crippen LogP) is 2.77. The number of hydrogen-bond acceptors (Lipinski definition) is 5. The minimum atomic E-state index is 0.0338. The molecule has 1 amide bonds. The lowest BCUT2D eigenvalue weighted by Gasteiger charge is -2.32. The molecule has 4 aromatic rings. The minimum absolute atomic E-state index is 0.0338. The molecule has 4 heterocycles. The van der Waals surface area contributed by atoms with Gasteiger partial charge in [-0.2, -0.15) is 5.10 Å². The van der Waals surface area contributed by atoms with Crippen LogP contribution in [0.3, 0.4) is 0 Å². The Morgan fingerprint density at radius 3 is 2.68 bits per heavy atom. The molecule has 31 heavy (non-hydrogen) atoms. The molecule has 0 spiro atoms. The van der Waals surface area contributed by atoms with Crippen LogP contribution in [0, 0.1) is 0 Å². The van der Waals surface area contributed by atoms with E-state index in [1.807, 2.05) is 48.5 Å². The van der Waals surface area contributed by atoms with Gasteiger partial charge >= 0.3 is 0 Å². The van der Waals surface area contributed by atoms with Crippen LogP contribution in [0.25, 0.3) is 16.7 Å². The van der Waals surface area contributed by atoms with Crippen molar-refractivity contribution in [1.29, 1.82) is 0 Å². The summed E-state index contributed by atoms with van der Waals surface area (Å²) in [6.45, 7) is 1.38. The molecule has 8 nitrogen and oxygen atoms in total. The van der Waals surface area contributed by atoms with Gasteiger partial charge in [0.2, 0.25) is 11.8 Å². The highest BCUT2D eigenvalue weighted by Gasteiger charge is 2.25. The van der Waals surface area contributed by atoms with Crippen molar-refractivity contribution in [2.45, 2.75) is 25.4 Å². The number of piperidine rings is 1. The van der Waals surface area contributed by atoms with Gasteiger partial charge in [0.05, 0.1) is 6.42 Å². The number of carbonyl (C=O) groups excluding carboxylic acids is 1.